The third-order valence-electron chi connectivity index (χ3n) is 4.28. The van der Waals surface area contributed by atoms with E-state index in [-0.39, 0.29) is 30.5 Å². The minimum Gasteiger partial charge on any atom is -0.494 e. The highest BCUT2D eigenvalue weighted by atomic mass is 16.6. The van der Waals surface area contributed by atoms with Crippen LogP contribution < -0.4 is 15.0 Å². The molecule has 0 spiro atoms. The number of rotatable bonds is 6. The van der Waals surface area contributed by atoms with Gasteiger partial charge >= 0.3 is 0 Å². The molecule has 1 heterocycles. The van der Waals surface area contributed by atoms with Gasteiger partial charge in [0.05, 0.1) is 23.1 Å². The van der Waals surface area contributed by atoms with Crippen LogP contribution in [0.2, 0.25) is 0 Å². The maximum absolute atomic E-state index is 12.5. The molecule has 1 saturated heterocycles. The predicted octanol–water partition coefficient (Wildman–Crippen LogP) is 2.99. The number of amides is 2. The van der Waals surface area contributed by atoms with Gasteiger partial charge in [0.2, 0.25) is 11.8 Å². The molecule has 140 valence electrons. The summed E-state index contributed by atoms with van der Waals surface area (Å²) in [6.07, 6.45) is 0.0611. The van der Waals surface area contributed by atoms with Crippen LogP contribution in [-0.4, -0.2) is 29.9 Å². The maximum atomic E-state index is 12.5. The number of anilines is 2. The molecule has 8 heteroatoms. The molecule has 0 unspecified atom stereocenters. The molecule has 2 aromatic rings. The summed E-state index contributed by atoms with van der Waals surface area (Å²) in [6, 6.07) is 12.8. The van der Waals surface area contributed by atoms with Crippen molar-refractivity contribution >= 4 is 28.9 Å². The Kier molecular flexibility index (Phi) is 5.35. The standard InChI is InChI=1S/C19H19N3O5/c1-2-27-17-8-6-14(7-9-17)20-19(24)13-10-18(23)21(12-13)15-4-3-5-16(11-15)22(25)26/h3-9,11,13H,2,10,12H2,1H3,(H,20,24)/t13-/m1/s1. The molecule has 1 N–H and O–H groups in total. The molecule has 0 aliphatic carbocycles. The molecular formula is C19H19N3O5. The molecular weight excluding hydrogens is 350 g/mol. The molecule has 0 aromatic heterocycles. The van der Waals surface area contributed by atoms with Gasteiger partial charge in [-0.15, -0.1) is 0 Å². The molecule has 1 aliphatic rings. The van der Waals surface area contributed by atoms with Crippen LogP contribution in [0.25, 0.3) is 0 Å². The first-order valence-corrected chi connectivity index (χ1v) is 8.56. The topological polar surface area (TPSA) is 102 Å². The van der Waals surface area contributed by atoms with E-state index in [1.807, 2.05) is 6.92 Å². The zero-order valence-electron chi connectivity index (χ0n) is 14.8. The second-order valence-electron chi connectivity index (χ2n) is 6.13. The molecule has 2 aromatic carbocycles. The van der Waals surface area contributed by atoms with Crippen molar-refractivity contribution in [3.63, 3.8) is 0 Å². The highest BCUT2D eigenvalue weighted by molar-refractivity contribution is 6.03. The number of ether oxygens (including phenoxy) is 1. The normalized spacial score (nSPS) is 16.3. The van der Waals surface area contributed by atoms with Crippen molar-refractivity contribution in [1.82, 2.24) is 0 Å². The van der Waals surface area contributed by atoms with Crippen LogP contribution in [0.1, 0.15) is 13.3 Å². The molecule has 2 amide bonds. The maximum Gasteiger partial charge on any atom is 0.271 e. The number of non-ortho nitro benzene ring substituents is 1. The summed E-state index contributed by atoms with van der Waals surface area (Å²) >= 11 is 0. The smallest absolute Gasteiger partial charge is 0.271 e. The second kappa shape index (κ2) is 7.86. The van der Waals surface area contributed by atoms with Crippen LogP contribution in [0.5, 0.6) is 5.75 Å². The van der Waals surface area contributed by atoms with Crippen molar-refractivity contribution in [3.05, 3.63) is 58.6 Å². The van der Waals surface area contributed by atoms with Crippen molar-refractivity contribution in [2.45, 2.75) is 13.3 Å². The van der Waals surface area contributed by atoms with Gasteiger partial charge in [-0.25, -0.2) is 0 Å². The summed E-state index contributed by atoms with van der Waals surface area (Å²) in [5.74, 6) is -0.311. The molecule has 0 bridgehead atoms. The Morgan fingerprint density at radius 1 is 1.30 bits per heavy atom. The average molecular weight is 369 g/mol. The average Bonchev–Trinajstić information content (AvgIpc) is 3.05. The first-order valence-electron chi connectivity index (χ1n) is 8.56. The van der Waals surface area contributed by atoms with E-state index >= 15 is 0 Å². The van der Waals surface area contributed by atoms with E-state index in [1.54, 1.807) is 30.3 Å². The highest BCUT2D eigenvalue weighted by Crippen LogP contribution is 2.28. The zero-order chi connectivity index (χ0) is 19.4. The van der Waals surface area contributed by atoms with Crippen LogP contribution in [0.15, 0.2) is 48.5 Å². The second-order valence-corrected chi connectivity index (χ2v) is 6.13. The molecule has 27 heavy (non-hydrogen) atoms. The molecule has 1 atom stereocenters. The Balaban J connectivity index is 1.66. The van der Waals surface area contributed by atoms with E-state index in [1.165, 1.54) is 23.1 Å². The quantitative estimate of drug-likeness (QED) is 0.623. The number of nitro benzene ring substituents is 1. The molecule has 8 nitrogen and oxygen atoms in total. The number of nitrogens with one attached hydrogen (secondary N) is 1. The lowest BCUT2D eigenvalue weighted by Crippen LogP contribution is -2.28. The van der Waals surface area contributed by atoms with Crippen molar-refractivity contribution < 1.29 is 19.2 Å². The van der Waals surface area contributed by atoms with Crippen LogP contribution in [0.4, 0.5) is 17.1 Å². The monoisotopic (exact) mass is 369 g/mol. The van der Waals surface area contributed by atoms with Crippen LogP contribution in [-0.2, 0) is 9.59 Å². The number of hydrogen-bond acceptors (Lipinski definition) is 5. The summed E-state index contributed by atoms with van der Waals surface area (Å²) in [5.41, 5.74) is 0.942. The fourth-order valence-corrected chi connectivity index (χ4v) is 2.95. The van der Waals surface area contributed by atoms with Crippen molar-refractivity contribution in [2.24, 2.45) is 5.92 Å². The van der Waals surface area contributed by atoms with E-state index in [0.29, 0.717) is 23.7 Å². The highest BCUT2D eigenvalue weighted by Gasteiger charge is 2.35. The van der Waals surface area contributed by atoms with Crippen LogP contribution >= 0.6 is 0 Å². The van der Waals surface area contributed by atoms with Gasteiger partial charge in [-0.3, -0.25) is 19.7 Å². The van der Waals surface area contributed by atoms with Gasteiger partial charge in [0.25, 0.3) is 5.69 Å². The SMILES string of the molecule is CCOc1ccc(NC(=O)[C@@H]2CC(=O)N(c3cccc([N+](=O)[O-])c3)C2)cc1. The summed E-state index contributed by atoms with van der Waals surface area (Å²) < 4.78 is 5.36. The van der Waals surface area contributed by atoms with E-state index in [2.05, 4.69) is 5.32 Å². The summed E-state index contributed by atoms with van der Waals surface area (Å²) in [5, 5.41) is 13.7. The van der Waals surface area contributed by atoms with E-state index in [0.717, 1.165) is 0 Å². The van der Waals surface area contributed by atoms with Crippen LogP contribution in [0.3, 0.4) is 0 Å². The van der Waals surface area contributed by atoms with E-state index in [4.69, 9.17) is 4.74 Å². The number of benzene rings is 2. The number of hydrogen-bond donors (Lipinski definition) is 1. The lowest BCUT2D eigenvalue weighted by molar-refractivity contribution is -0.384. The van der Waals surface area contributed by atoms with Crippen molar-refractivity contribution in [1.29, 1.82) is 0 Å². The molecule has 1 aliphatic heterocycles. The Bertz CT molecular complexity index is 866. The summed E-state index contributed by atoms with van der Waals surface area (Å²) in [6.45, 7) is 2.63. The number of carbonyl (C=O) groups is 2. The molecule has 0 saturated carbocycles. The first-order chi connectivity index (χ1) is 13.0. The minimum absolute atomic E-state index is 0.0611. The number of carbonyl (C=O) groups excluding carboxylic acids is 2. The summed E-state index contributed by atoms with van der Waals surface area (Å²) in [4.78, 5) is 36.6. The van der Waals surface area contributed by atoms with Gasteiger partial charge in [0.15, 0.2) is 0 Å². The van der Waals surface area contributed by atoms with Crippen molar-refractivity contribution in [2.75, 3.05) is 23.4 Å². The Morgan fingerprint density at radius 3 is 2.70 bits per heavy atom. The third kappa shape index (κ3) is 4.22. The minimum atomic E-state index is -0.525. The first kappa shape index (κ1) is 18.4. The van der Waals surface area contributed by atoms with Crippen LogP contribution in [0, 0.1) is 16.0 Å². The van der Waals surface area contributed by atoms with Gasteiger partial charge in [0.1, 0.15) is 5.75 Å². The lowest BCUT2D eigenvalue weighted by Gasteiger charge is -2.16. The predicted molar refractivity (Wildman–Crippen MR) is 99.8 cm³/mol. The molecule has 0 radical (unpaired) electrons. The zero-order valence-corrected chi connectivity index (χ0v) is 14.8. The van der Waals surface area contributed by atoms with Gasteiger partial charge in [-0.1, -0.05) is 6.07 Å². The van der Waals surface area contributed by atoms with Gasteiger partial charge in [-0.2, -0.15) is 0 Å². The van der Waals surface area contributed by atoms with Crippen molar-refractivity contribution in [3.8, 4) is 5.75 Å². The van der Waals surface area contributed by atoms with Gasteiger partial charge in [-0.05, 0) is 37.3 Å². The number of nitrogens with zero attached hydrogens (tertiary/aromatic N) is 2. The fourth-order valence-electron chi connectivity index (χ4n) is 2.95. The third-order valence-corrected chi connectivity index (χ3v) is 4.28. The Hall–Kier alpha value is -3.42. The van der Waals surface area contributed by atoms with Gasteiger partial charge < -0.3 is 15.0 Å². The van der Waals surface area contributed by atoms with E-state index in [9.17, 15) is 19.7 Å². The fraction of sp³-hybridized carbons (Fsp3) is 0.263. The lowest BCUT2D eigenvalue weighted by atomic mass is 10.1. The van der Waals surface area contributed by atoms with Gasteiger partial charge in [0, 0.05) is 30.8 Å². The number of nitro groups is 1. The van der Waals surface area contributed by atoms with E-state index < -0.39 is 10.8 Å². The molecule has 3 rings (SSSR count). The molecule has 1 fully saturated rings. The summed E-state index contributed by atoms with van der Waals surface area (Å²) in [7, 11) is 0. The largest absolute Gasteiger partial charge is 0.494 e. The Morgan fingerprint density at radius 2 is 2.04 bits per heavy atom. The Labute approximate surface area is 155 Å².